The minimum atomic E-state index is -0.438. The van der Waals surface area contributed by atoms with Crippen LogP contribution < -0.4 is 11.2 Å². The molecule has 1 atom stereocenters. The van der Waals surface area contributed by atoms with Gasteiger partial charge in [-0.15, -0.1) is 0 Å². The van der Waals surface area contributed by atoms with Gasteiger partial charge in [-0.25, -0.2) is 5.48 Å². The average molecular weight is 160 g/mol. The van der Waals surface area contributed by atoms with Crippen LogP contribution in [0.3, 0.4) is 0 Å². The maximum absolute atomic E-state index is 10.9. The molecule has 0 saturated heterocycles. The number of hydrogen-bond donors (Lipinski definition) is 2. The molecule has 4 nitrogen and oxygen atoms in total. The van der Waals surface area contributed by atoms with Gasteiger partial charge in [-0.05, 0) is 13.3 Å². The molecule has 0 saturated carbocycles. The van der Waals surface area contributed by atoms with Crippen LogP contribution in [0.15, 0.2) is 0 Å². The third-order valence-electron chi connectivity index (χ3n) is 1.25. The number of nitrogens with one attached hydrogen (secondary N) is 1. The number of carbonyl (C=O) groups excluding carboxylic acids is 1. The quantitative estimate of drug-likeness (QED) is 0.564. The van der Waals surface area contributed by atoms with Crippen LogP contribution in [0, 0.1) is 0 Å². The Kier molecular flexibility index (Phi) is 5.78. The van der Waals surface area contributed by atoms with Crippen molar-refractivity contribution >= 4 is 5.91 Å². The van der Waals surface area contributed by atoms with Crippen LogP contribution in [0.5, 0.6) is 0 Å². The van der Waals surface area contributed by atoms with E-state index in [1.54, 1.807) is 6.92 Å². The van der Waals surface area contributed by atoms with Crippen LogP contribution in [0.4, 0.5) is 0 Å². The molecule has 4 heteroatoms. The Morgan fingerprint density at radius 3 is 2.73 bits per heavy atom. The normalized spacial score (nSPS) is 12.6. The number of nitrogens with two attached hydrogens (primary N) is 1. The molecular weight excluding hydrogens is 144 g/mol. The van der Waals surface area contributed by atoms with Crippen molar-refractivity contribution in [1.82, 2.24) is 5.48 Å². The summed E-state index contributed by atoms with van der Waals surface area (Å²) in [5.74, 6) is -0.242. The van der Waals surface area contributed by atoms with E-state index in [4.69, 9.17) is 5.73 Å². The number of amides is 1. The number of hydrogen-bond acceptors (Lipinski definition) is 3. The highest BCUT2D eigenvalue weighted by Crippen LogP contribution is 1.92. The zero-order valence-corrected chi connectivity index (χ0v) is 7.09. The molecule has 0 aliphatic carbocycles. The molecule has 0 bridgehead atoms. The van der Waals surface area contributed by atoms with Crippen LogP contribution in [0.1, 0.15) is 26.7 Å². The fourth-order valence-electron chi connectivity index (χ4n) is 0.661. The fourth-order valence-corrected chi connectivity index (χ4v) is 0.661. The lowest BCUT2D eigenvalue weighted by Crippen LogP contribution is -2.40. The molecule has 0 aliphatic heterocycles. The summed E-state index contributed by atoms with van der Waals surface area (Å²) >= 11 is 0. The molecule has 0 aromatic carbocycles. The van der Waals surface area contributed by atoms with Gasteiger partial charge in [-0.1, -0.05) is 13.3 Å². The Morgan fingerprint density at radius 1 is 1.64 bits per heavy atom. The molecule has 66 valence electrons. The van der Waals surface area contributed by atoms with E-state index in [0.717, 1.165) is 6.42 Å². The maximum Gasteiger partial charge on any atom is 0.260 e. The van der Waals surface area contributed by atoms with Crippen molar-refractivity contribution in [2.75, 3.05) is 6.61 Å². The third-order valence-corrected chi connectivity index (χ3v) is 1.25. The fraction of sp³-hybridized carbons (Fsp3) is 0.857. The van der Waals surface area contributed by atoms with Gasteiger partial charge in [0, 0.05) is 0 Å². The van der Waals surface area contributed by atoms with Gasteiger partial charge < -0.3 is 5.73 Å². The van der Waals surface area contributed by atoms with Gasteiger partial charge >= 0.3 is 0 Å². The largest absolute Gasteiger partial charge is 0.320 e. The van der Waals surface area contributed by atoms with Crippen LogP contribution >= 0.6 is 0 Å². The first-order valence-electron chi connectivity index (χ1n) is 3.89. The highest BCUT2D eigenvalue weighted by atomic mass is 16.6. The molecule has 0 radical (unpaired) electrons. The molecule has 0 heterocycles. The van der Waals surface area contributed by atoms with E-state index in [-0.39, 0.29) is 5.91 Å². The summed E-state index contributed by atoms with van der Waals surface area (Å²) in [5.41, 5.74) is 7.73. The van der Waals surface area contributed by atoms with Crippen molar-refractivity contribution < 1.29 is 9.63 Å². The second-order valence-electron chi connectivity index (χ2n) is 2.29. The predicted octanol–water partition coefficient (Wildman–Crippen LogP) is 0.182. The summed E-state index contributed by atoms with van der Waals surface area (Å²) in [6, 6.07) is -0.438. The highest BCUT2D eigenvalue weighted by molar-refractivity contribution is 5.80. The standard InChI is InChI=1S/C7H16N2O2/c1-3-5-6(8)7(10)9-11-4-2/h6H,3-5,8H2,1-2H3,(H,9,10)/t6-/m0/s1. The predicted molar refractivity (Wildman–Crippen MR) is 42.7 cm³/mol. The molecule has 0 aliphatic rings. The zero-order chi connectivity index (χ0) is 8.69. The van der Waals surface area contributed by atoms with Gasteiger partial charge in [0.15, 0.2) is 0 Å². The van der Waals surface area contributed by atoms with Crippen LogP contribution in [0.2, 0.25) is 0 Å². The summed E-state index contributed by atoms with van der Waals surface area (Å²) in [6.45, 7) is 4.24. The smallest absolute Gasteiger partial charge is 0.260 e. The molecule has 0 rings (SSSR count). The Labute approximate surface area is 67.0 Å². The SMILES string of the molecule is CCC[C@H](N)C(=O)NOCC. The molecule has 0 unspecified atom stereocenters. The van der Waals surface area contributed by atoms with Crippen LogP contribution in [-0.2, 0) is 9.63 Å². The van der Waals surface area contributed by atoms with E-state index in [9.17, 15) is 4.79 Å². The van der Waals surface area contributed by atoms with Gasteiger partial charge in [0.25, 0.3) is 5.91 Å². The Balaban J connectivity index is 3.47. The van der Waals surface area contributed by atoms with E-state index in [1.165, 1.54) is 0 Å². The van der Waals surface area contributed by atoms with E-state index in [1.807, 2.05) is 6.92 Å². The third kappa shape index (κ3) is 4.75. The van der Waals surface area contributed by atoms with E-state index in [2.05, 4.69) is 10.3 Å². The first-order valence-corrected chi connectivity index (χ1v) is 3.89. The summed E-state index contributed by atoms with van der Waals surface area (Å²) in [5, 5.41) is 0. The number of rotatable bonds is 5. The molecule has 1 amide bonds. The van der Waals surface area contributed by atoms with Crippen molar-refractivity contribution in [3.8, 4) is 0 Å². The van der Waals surface area contributed by atoms with Crippen molar-refractivity contribution in [3.05, 3.63) is 0 Å². The van der Waals surface area contributed by atoms with Gasteiger partial charge in [0.1, 0.15) is 0 Å². The minimum Gasteiger partial charge on any atom is -0.320 e. The van der Waals surface area contributed by atoms with Gasteiger partial charge in [-0.3, -0.25) is 9.63 Å². The van der Waals surface area contributed by atoms with Crippen molar-refractivity contribution in [2.45, 2.75) is 32.7 Å². The molecule has 0 aromatic rings. The highest BCUT2D eigenvalue weighted by Gasteiger charge is 2.10. The minimum absolute atomic E-state index is 0.242. The second kappa shape index (κ2) is 6.12. The summed E-state index contributed by atoms with van der Waals surface area (Å²) in [6.07, 6.45) is 1.60. The van der Waals surface area contributed by atoms with E-state index in [0.29, 0.717) is 13.0 Å². The Bertz CT molecular complexity index is 117. The van der Waals surface area contributed by atoms with Crippen molar-refractivity contribution in [2.24, 2.45) is 5.73 Å². The first kappa shape index (κ1) is 10.4. The number of hydroxylamine groups is 1. The van der Waals surface area contributed by atoms with Crippen molar-refractivity contribution in [1.29, 1.82) is 0 Å². The monoisotopic (exact) mass is 160 g/mol. The molecule has 0 aromatic heterocycles. The maximum atomic E-state index is 10.9. The Morgan fingerprint density at radius 2 is 2.27 bits per heavy atom. The van der Waals surface area contributed by atoms with Crippen molar-refractivity contribution in [3.63, 3.8) is 0 Å². The second-order valence-corrected chi connectivity index (χ2v) is 2.29. The molecule has 0 spiro atoms. The zero-order valence-electron chi connectivity index (χ0n) is 7.09. The topological polar surface area (TPSA) is 64.4 Å². The lowest BCUT2D eigenvalue weighted by Gasteiger charge is -2.09. The summed E-state index contributed by atoms with van der Waals surface area (Å²) in [7, 11) is 0. The van der Waals surface area contributed by atoms with E-state index >= 15 is 0 Å². The van der Waals surface area contributed by atoms with Gasteiger partial charge in [0.05, 0.1) is 12.6 Å². The van der Waals surface area contributed by atoms with Crippen LogP contribution in [0.25, 0.3) is 0 Å². The lowest BCUT2D eigenvalue weighted by molar-refractivity contribution is -0.134. The molecular formula is C7H16N2O2. The molecule has 0 fully saturated rings. The number of carbonyl (C=O) groups is 1. The Hall–Kier alpha value is -0.610. The van der Waals surface area contributed by atoms with E-state index < -0.39 is 6.04 Å². The first-order chi connectivity index (χ1) is 5.22. The average Bonchev–Trinajstić information content (AvgIpc) is 2.00. The summed E-state index contributed by atoms with van der Waals surface area (Å²) in [4.78, 5) is 15.6. The summed E-state index contributed by atoms with van der Waals surface area (Å²) < 4.78 is 0. The molecule has 3 N–H and O–H groups in total. The van der Waals surface area contributed by atoms with Crippen LogP contribution in [-0.4, -0.2) is 18.6 Å². The molecule has 11 heavy (non-hydrogen) atoms. The van der Waals surface area contributed by atoms with Gasteiger partial charge in [0.2, 0.25) is 0 Å². The lowest BCUT2D eigenvalue weighted by atomic mass is 10.2. The van der Waals surface area contributed by atoms with Gasteiger partial charge in [-0.2, -0.15) is 0 Å².